The highest BCUT2D eigenvalue weighted by molar-refractivity contribution is 7.85. The maximum Gasteiger partial charge on any atom is 0.312 e. The van der Waals surface area contributed by atoms with Crippen LogP contribution in [-0.2, 0) is 56.6 Å². The average Bonchev–Trinajstić information content (AvgIpc) is 3.35. The quantitative estimate of drug-likeness (QED) is 0.0387. The molecule has 7 N–H and O–H groups in total. The minimum Gasteiger partial charge on any atom is -0.470 e. The van der Waals surface area contributed by atoms with Gasteiger partial charge in [-0.05, 0) is 54.9 Å². The van der Waals surface area contributed by atoms with E-state index in [1.165, 1.54) is 18.2 Å². The highest BCUT2D eigenvalue weighted by Crippen LogP contribution is 2.20. The first-order valence-corrected chi connectivity index (χ1v) is 17.6. The number of hydrogen-bond donors (Lipinski definition) is 6. The summed E-state index contributed by atoms with van der Waals surface area (Å²) in [5.41, 5.74) is 6.34. The summed E-state index contributed by atoms with van der Waals surface area (Å²) in [6.07, 6.45) is 2.58. The number of imide groups is 1. The Kier molecular flexibility index (Phi) is 17.2. The molecule has 1 heterocycles. The first-order chi connectivity index (χ1) is 24.0. The third-order valence-corrected chi connectivity index (χ3v) is 8.20. The molecule has 2 atom stereocenters. The lowest BCUT2D eigenvalue weighted by molar-refractivity contribution is -0.138. The first kappa shape index (κ1) is 42.4. The normalized spacial score (nSPS) is 13.8. The number of carbonyl (C=O) groups excluding carboxylic acids is 7. The van der Waals surface area contributed by atoms with Crippen molar-refractivity contribution in [3.8, 4) is 0 Å². The van der Waals surface area contributed by atoms with Gasteiger partial charge >= 0.3 is 6.03 Å². The predicted molar refractivity (Wildman–Crippen MR) is 183 cm³/mol. The summed E-state index contributed by atoms with van der Waals surface area (Å²) in [5.74, 6) is -4.71. The zero-order chi connectivity index (χ0) is 38.1. The number of ether oxygens (including phenoxy) is 2. The number of nitrogens with one attached hydrogen (secondary N) is 4. The monoisotopic (exact) mass is 734 g/mol. The minimum absolute atomic E-state index is 0.0118. The van der Waals surface area contributed by atoms with Crippen LogP contribution in [0.2, 0.25) is 0 Å². The maximum absolute atomic E-state index is 13.5. The second-order valence-electron chi connectivity index (χ2n) is 11.8. The minimum atomic E-state index is -4.24. The molecular weight excluding hydrogens is 691 g/mol. The number of benzene rings is 1. The van der Waals surface area contributed by atoms with Crippen LogP contribution in [0.15, 0.2) is 30.4 Å². The molecule has 0 spiro atoms. The van der Waals surface area contributed by atoms with Gasteiger partial charge in [0.05, 0.1) is 25.5 Å². The molecule has 1 aromatic rings. The smallest absolute Gasteiger partial charge is 0.312 e. The van der Waals surface area contributed by atoms with Crippen LogP contribution in [0.3, 0.4) is 0 Å². The fourth-order valence-electron chi connectivity index (χ4n) is 4.80. The molecule has 0 bridgehead atoms. The molecule has 0 fully saturated rings. The van der Waals surface area contributed by atoms with E-state index >= 15 is 0 Å². The number of rotatable bonds is 22. The molecule has 0 saturated carbocycles. The van der Waals surface area contributed by atoms with Gasteiger partial charge in [-0.3, -0.25) is 38.2 Å². The molecule has 1 unspecified atom stereocenters. The largest absolute Gasteiger partial charge is 0.470 e. The highest BCUT2D eigenvalue weighted by Gasteiger charge is 2.29. The molecule has 1 aliphatic heterocycles. The van der Waals surface area contributed by atoms with Crippen molar-refractivity contribution in [1.82, 2.24) is 20.9 Å². The van der Waals surface area contributed by atoms with E-state index in [0.717, 1.165) is 17.1 Å². The van der Waals surface area contributed by atoms with Crippen molar-refractivity contribution in [2.45, 2.75) is 64.6 Å². The van der Waals surface area contributed by atoms with Gasteiger partial charge in [0.15, 0.2) is 0 Å². The van der Waals surface area contributed by atoms with Gasteiger partial charge in [0.25, 0.3) is 21.9 Å². The van der Waals surface area contributed by atoms with Crippen molar-refractivity contribution in [2.24, 2.45) is 11.7 Å². The molecule has 2 radical (unpaired) electrons. The van der Waals surface area contributed by atoms with E-state index in [9.17, 15) is 42.0 Å². The van der Waals surface area contributed by atoms with Gasteiger partial charge in [0.1, 0.15) is 18.7 Å². The Labute approximate surface area is 296 Å². The van der Waals surface area contributed by atoms with Gasteiger partial charge in [0, 0.05) is 30.8 Å². The van der Waals surface area contributed by atoms with Crippen LogP contribution in [0.5, 0.6) is 0 Å². The molecule has 51 heavy (non-hydrogen) atoms. The van der Waals surface area contributed by atoms with Gasteiger partial charge in [0.2, 0.25) is 31.4 Å². The molecule has 1 aromatic carbocycles. The van der Waals surface area contributed by atoms with E-state index in [-0.39, 0.29) is 70.7 Å². The predicted octanol–water partition coefficient (Wildman–Crippen LogP) is -0.344. The standard InChI is InChI=1S/C31H43BN6O12S/c1-19(2)27(37-24(39)11-14-49-15-13-38-25(40)9-10-26(38)41)29(43)36-23(6-3-12-34-31(33)45)28(42)35-22-8-7-21(18-50-30(32)44)20(17-22)5-4-16-51(46,47)48/h7-10,17,19,23,27H,3-6,11-16,18H2,1-2H3,(H,35,42)(H,36,43)(H,37,39)(H3,33,34,45)(H,46,47,48)/t23-,27?/m0/s1. The lowest BCUT2D eigenvalue weighted by Crippen LogP contribution is -2.54. The number of nitrogens with two attached hydrogens (primary N) is 1. The zero-order valence-corrected chi connectivity index (χ0v) is 29.2. The van der Waals surface area contributed by atoms with Crippen molar-refractivity contribution in [3.63, 3.8) is 0 Å². The number of urea groups is 1. The van der Waals surface area contributed by atoms with Crippen molar-refractivity contribution in [3.05, 3.63) is 41.5 Å². The third kappa shape index (κ3) is 16.2. The van der Waals surface area contributed by atoms with E-state index in [1.807, 2.05) is 0 Å². The summed E-state index contributed by atoms with van der Waals surface area (Å²) in [6, 6.07) is 1.56. The molecule has 2 rings (SSSR count). The Balaban J connectivity index is 2.10. The summed E-state index contributed by atoms with van der Waals surface area (Å²) in [7, 11) is 0.822. The Morgan fingerprint density at radius 1 is 0.980 bits per heavy atom. The van der Waals surface area contributed by atoms with Crippen molar-refractivity contribution in [2.75, 3.05) is 37.4 Å². The molecule has 18 nitrogen and oxygen atoms in total. The van der Waals surface area contributed by atoms with E-state index in [4.69, 9.17) is 27.6 Å². The van der Waals surface area contributed by atoms with Crippen LogP contribution in [0.4, 0.5) is 15.3 Å². The number of nitrogens with zero attached hydrogens (tertiary/aromatic N) is 1. The molecule has 278 valence electrons. The number of carbonyl (C=O) groups is 7. The number of aryl methyl sites for hydroxylation is 1. The maximum atomic E-state index is 13.5. The summed E-state index contributed by atoms with van der Waals surface area (Å²) < 4.78 is 41.8. The molecule has 0 aromatic heterocycles. The van der Waals surface area contributed by atoms with E-state index in [1.54, 1.807) is 13.8 Å². The van der Waals surface area contributed by atoms with E-state index in [0.29, 0.717) is 11.1 Å². The topological polar surface area (TPSA) is 270 Å². The van der Waals surface area contributed by atoms with Crippen LogP contribution >= 0.6 is 0 Å². The summed E-state index contributed by atoms with van der Waals surface area (Å²) >= 11 is 0. The summed E-state index contributed by atoms with van der Waals surface area (Å²) in [5, 5.41) is 10.4. The van der Waals surface area contributed by atoms with Crippen LogP contribution in [-0.4, -0.2) is 111 Å². The molecule has 0 aliphatic carbocycles. The number of hydrogen-bond acceptors (Lipinski definition) is 11. The zero-order valence-electron chi connectivity index (χ0n) is 28.3. The van der Waals surface area contributed by atoms with Gasteiger partial charge in [-0.25, -0.2) is 4.79 Å². The van der Waals surface area contributed by atoms with Gasteiger partial charge < -0.3 is 36.5 Å². The summed E-state index contributed by atoms with van der Waals surface area (Å²) in [4.78, 5) is 86.1. The van der Waals surface area contributed by atoms with Crippen LogP contribution in [0, 0.1) is 5.92 Å². The van der Waals surface area contributed by atoms with Gasteiger partial charge in [-0.2, -0.15) is 8.42 Å². The van der Waals surface area contributed by atoms with Gasteiger partial charge in [-0.15, -0.1) is 0 Å². The van der Waals surface area contributed by atoms with Crippen molar-refractivity contribution < 1.29 is 56.0 Å². The lowest BCUT2D eigenvalue weighted by atomic mass is 10.0. The van der Waals surface area contributed by atoms with Crippen LogP contribution < -0.4 is 27.0 Å². The number of anilines is 1. The Morgan fingerprint density at radius 2 is 1.67 bits per heavy atom. The molecular formula is C31H43BN6O12S. The Hall–Kier alpha value is -4.82. The molecule has 0 saturated heterocycles. The van der Waals surface area contributed by atoms with E-state index in [2.05, 4.69) is 21.3 Å². The number of amides is 7. The fourth-order valence-corrected chi connectivity index (χ4v) is 5.31. The Morgan fingerprint density at radius 3 is 2.27 bits per heavy atom. The van der Waals surface area contributed by atoms with Crippen molar-refractivity contribution >= 4 is 65.1 Å². The fraction of sp³-hybridized carbons (Fsp3) is 0.516. The van der Waals surface area contributed by atoms with Gasteiger partial charge in [-0.1, -0.05) is 19.9 Å². The highest BCUT2D eigenvalue weighted by atomic mass is 32.2. The second-order valence-corrected chi connectivity index (χ2v) is 13.3. The van der Waals surface area contributed by atoms with Crippen molar-refractivity contribution in [1.29, 1.82) is 0 Å². The SMILES string of the molecule is [B]C(=O)OCc1ccc(NC(=O)[C@H](CCCNC(N)=O)NC(=O)C(NC(=O)CCOCCN2C(=O)C=CC2=O)C(C)C)cc1CCCS(=O)(=O)O. The average molecular weight is 735 g/mol. The van der Waals surface area contributed by atoms with Crippen LogP contribution in [0.25, 0.3) is 0 Å². The summed E-state index contributed by atoms with van der Waals surface area (Å²) in [6.45, 7) is 3.23. The Bertz CT molecular complexity index is 1570. The lowest BCUT2D eigenvalue weighted by Gasteiger charge is -2.25. The third-order valence-electron chi connectivity index (χ3n) is 7.39. The molecule has 7 amide bonds. The first-order valence-electron chi connectivity index (χ1n) is 16.0. The van der Waals surface area contributed by atoms with E-state index < -0.39 is 75.3 Å². The van der Waals surface area contributed by atoms with Crippen LogP contribution in [0.1, 0.15) is 50.7 Å². The number of primary amides is 1. The second kappa shape index (κ2) is 20.8. The molecule has 1 aliphatic rings. The molecule has 20 heteroatoms.